The highest BCUT2D eigenvalue weighted by molar-refractivity contribution is 7.80. The fraction of sp³-hybridized carbons (Fsp3) is 0.375. The van der Waals surface area contributed by atoms with Gasteiger partial charge in [-0.25, -0.2) is 4.98 Å². The predicted molar refractivity (Wildman–Crippen MR) is 98.1 cm³/mol. The van der Waals surface area contributed by atoms with Crippen LogP contribution in [0.1, 0.15) is 11.8 Å². The molecule has 1 N–H and O–H groups in total. The van der Waals surface area contributed by atoms with Crippen molar-refractivity contribution in [2.45, 2.75) is 13.8 Å². The Morgan fingerprint density at radius 3 is 2.76 bits per heavy atom. The van der Waals surface area contributed by atoms with Gasteiger partial charge < -0.3 is 14.6 Å². The quantitative estimate of drug-likeness (QED) is 0.404. The summed E-state index contributed by atoms with van der Waals surface area (Å²) in [5.41, 5.74) is 1.72. The van der Waals surface area contributed by atoms with Crippen LogP contribution in [0.5, 0.6) is 0 Å². The van der Waals surface area contributed by atoms with Crippen molar-refractivity contribution >= 4 is 33.7 Å². The third-order valence-electron chi connectivity index (χ3n) is 3.29. The molecule has 2 rings (SSSR count). The number of thiazole rings is 1. The van der Waals surface area contributed by atoms with Gasteiger partial charge in [0.1, 0.15) is 0 Å². The summed E-state index contributed by atoms with van der Waals surface area (Å²) in [6.45, 7) is 4.49. The summed E-state index contributed by atoms with van der Waals surface area (Å²) in [7, 11) is 0. The second-order valence-corrected chi connectivity index (χ2v) is 7.12. The van der Waals surface area contributed by atoms with E-state index in [2.05, 4.69) is 10.3 Å². The van der Waals surface area contributed by atoms with Crippen LogP contribution in [0.2, 0.25) is 0 Å². The number of anilines is 1. The number of carbonyl (C=O) groups is 1. The summed E-state index contributed by atoms with van der Waals surface area (Å²) in [5.74, 6) is -0.367. The Labute approximate surface area is 153 Å². The Balaban J connectivity index is 2.03. The van der Waals surface area contributed by atoms with E-state index in [0.29, 0.717) is 18.3 Å². The van der Waals surface area contributed by atoms with Crippen LogP contribution in [0, 0.1) is 6.92 Å². The Kier molecular flexibility index (Phi) is 7.51. The van der Waals surface area contributed by atoms with Gasteiger partial charge in [-0.1, -0.05) is 30.3 Å². The summed E-state index contributed by atoms with van der Waals surface area (Å²) < 4.78 is 29.1. The standard InChI is InChI=1S/C16H21N3O4S2/c1-3-23-14(20)11-17-9-10-19(25(21)22)16-18-15(12(2)24-16)13-7-5-4-6-8-13/h4-8,17H,3,9-11H2,1-2H3,(H,21,22)/p-1. The zero-order chi connectivity index (χ0) is 18.2. The molecule has 1 atom stereocenters. The molecule has 0 saturated heterocycles. The predicted octanol–water partition coefficient (Wildman–Crippen LogP) is 1.87. The van der Waals surface area contributed by atoms with Crippen molar-refractivity contribution < 1.29 is 18.3 Å². The minimum atomic E-state index is -2.45. The zero-order valence-electron chi connectivity index (χ0n) is 14.1. The van der Waals surface area contributed by atoms with E-state index in [9.17, 15) is 13.6 Å². The Hall–Kier alpha value is -1.81. The Morgan fingerprint density at radius 1 is 1.40 bits per heavy atom. The topological polar surface area (TPSA) is 94.6 Å². The number of ether oxygens (including phenoxy) is 1. The molecular formula is C16H20N3O4S2-. The van der Waals surface area contributed by atoms with Crippen LogP contribution in [-0.4, -0.2) is 46.0 Å². The number of aromatic nitrogens is 1. The monoisotopic (exact) mass is 382 g/mol. The highest BCUT2D eigenvalue weighted by atomic mass is 32.2. The number of nitrogens with one attached hydrogen (secondary N) is 1. The lowest BCUT2D eigenvalue weighted by Gasteiger charge is -2.23. The number of rotatable bonds is 9. The number of hydrogen-bond acceptors (Lipinski definition) is 7. The van der Waals surface area contributed by atoms with Gasteiger partial charge in [0.25, 0.3) is 0 Å². The molecule has 1 aromatic carbocycles. The lowest BCUT2D eigenvalue weighted by molar-refractivity contribution is -0.141. The molecule has 0 spiro atoms. The lowest BCUT2D eigenvalue weighted by atomic mass is 10.1. The molecule has 0 fully saturated rings. The first-order valence-electron chi connectivity index (χ1n) is 7.79. The van der Waals surface area contributed by atoms with Crippen molar-refractivity contribution in [2.24, 2.45) is 0 Å². The van der Waals surface area contributed by atoms with E-state index < -0.39 is 11.3 Å². The van der Waals surface area contributed by atoms with Crippen molar-refractivity contribution in [1.29, 1.82) is 0 Å². The first-order chi connectivity index (χ1) is 12.0. The normalized spacial score (nSPS) is 12.0. The molecule has 0 aliphatic carbocycles. The summed E-state index contributed by atoms with van der Waals surface area (Å²) in [5, 5.41) is 3.27. The van der Waals surface area contributed by atoms with Gasteiger partial charge in [0.05, 0.1) is 18.8 Å². The van der Waals surface area contributed by atoms with Crippen LogP contribution < -0.4 is 9.62 Å². The molecule has 0 aliphatic heterocycles. The van der Waals surface area contributed by atoms with Crippen LogP contribution in [0.3, 0.4) is 0 Å². The molecule has 0 saturated carbocycles. The second-order valence-electron chi connectivity index (χ2n) is 5.07. The maximum Gasteiger partial charge on any atom is 0.319 e. The van der Waals surface area contributed by atoms with Gasteiger partial charge in [-0.05, 0) is 13.8 Å². The Morgan fingerprint density at radius 2 is 2.12 bits per heavy atom. The zero-order valence-corrected chi connectivity index (χ0v) is 15.7. The maximum atomic E-state index is 11.6. The minimum Gasteiger partial charge on any atom is -0.755 e. The third kappa shape index (κ3) is 5.60. The SMILES string of the molecule is CCOC(=O)CNCCN(c1nc(-c2ccccc2)c(C)s1)S(=O)[O-]. The van der Waals surface area contributed by atoms with E-state index >= 15 is 0 Å². The van der Waals surface area contributed by atoms with Gasteiger partial charge in [-0.15, -0.1) is 11.3 Å². The first kappa shape index (κ1) is 19.5. The van der Waals surface area contributed by atoms with E-state index in [1.54, 1.807) is 6.92 Å². The second kappa shape index (κ2) is 9.62. The molecular weight excluding hydrogens is 362 g/mol. The smallest absolute Gasteiger partial charge is 0.319 e. The third-order valence-corrected chi connectivity index (χ3v) is 5.12. The molecule has 25 heavy (non-hydrogen) atoms. The van der Waals surface area contributed by atoms with Crippen LogP contribution in [0.15, 0.2) is 30.3 Å². The largest absolute Gasteiger partial charge is 0.755 e. The molecule has 0 aliphatic rings. The number of hydrogen-bond donors (Lipinski definition) is 1. The fourth-order valence-electron chi connectivity index (χ4n) is 2.17. The number of aryl methyl sites for hydroxylation is 1. The minimum absolute atomic E-state index is 0.0410. The molecule has 9 heteroatoms. The van der Waals surface area contributed by atoms with Gasteiger partial charge in [0.15, 0.2) is 5.13 Å². The van der Waals surface area contributed by atoms with Crippen molar-refractivity contribution in [2.75, 3.05) is 30.5 Å². The van der Waals surface area contributed by atoms with Crippen LogP contribution >= 0.6 is 11.3 Å². The Bertz CT molecular complexity index is 721. The van der Waals surface area contributed by atoms with Gasteiger partial charge in [-0.3, -0.25) is 13.3 Å². The van der Waals surface area contributed by atoms with Crippen LogP contribution in [-0.2, 0) is 20.8 Å². The average Bonchev–Trinajstić information content (AvgIpc) is 2.97. The lowest BCUT2D eigenvalue weighted by Crippen LogP contribution is -2.35. The van der Waals surface area contributed by atoms with Crippen molar-refractivity contribution in [3.05, 3.63) is 35.2 Å². The summed E-state index contributed by atoms with van der Waals surface area (Å²) in [6.07, 6.45) is 0. The van der Waals surface area contributed by atoms with E-state index in [-0.39, 0.29) is 19.1 Å². The van der Waals surface area contributed by atoms with E-state index in [1.807, 2.05) is 37.3 Å². The molecule has 136 valence electrons. The first-order valence-corrected chi connectivity index (χ1v) is 9.63. The molecule has 0 bridgehead atoms. The van der Waals surface area contributed by atoms with Crippen LogP contribution in [0.4, 0.5) is 5.13 Å². The number of nitrogens with zero attached hydrogens (tertiary/aromatic N) is 2. The molecule has 1 unspecified atom stereocenters. The summed E-state index contributed by atoms with van der Waals surface area (Å²) >= 11 is -1.13. The van der Waals surface area contributed by atoms with Gasteiger partial charge in [-0.2, -0.15) is 0 Å². The average molecular weight is 382 g/mol. The summed E-state index contributed by atoms with van der Waals surface area (Å²) in [6, 6.07) is 9.62. The molecule has 7 nitrogen and oxygen atoms in total. The van der Waals surface area contributed by atoms with E-state index in [0.717, 1.165) is 16.1 Å². The van der Waals surface area contributed by atoms with Gasteiger partial charge >= 0.3 is 5.97 Å². The molecule has 1 aromatic heterocycles. The van der Waals surface area contributed by atoms with Gasteiger partial charge in [0, 0.05) is 34.8 Å². The van der Waals surface area contributed by atoms with E-state index in [4.69, 9.17) is 4.74 Å². The van der Waals surface area contributed by atoms with Gasteiger partial charge in [0.2, 0.25) is 0 Å². The molecule has 1 heterocycles. The van der Waals surface area contributed by atoms with Crippen molar-refractivity contribution in [3.8, 4) is 11.3 Å². The molecule has 0 amide bonds. The fourth-order valence-corrected chi connectivity index (χ4v) is 3.74. The van der Waals surface area contributed by atoms with Crippen LogP contribution in [0.25, 0.3) is 11.3 Å². The van der Waals surface area contributed by atoms with Crippen molar-refractivity contribution in [1.82, 2.24) is 10.3 Å². The highest BCUT2D eigenvalue weighted by Gasteiger charge is 2.16. The number of carbonyl (C=O) groups excluding carboxylic acids is 1. The molecule has 0 radical (unpaired) electrons. The molecule has 2 aromatic rings. The van der Waals surface area contributed by atoms with E-state index in [1.165, 1.54) is 15.6 Å². The number of esters is 1. The highest BCUT2D eigenvalue weighted by Crippen LogP contribution is 2.32. The summed E-state index contributed by atoms with van der Waals surface area (Å²) in [4.78, 5) is 16.7. The number of benzene rings is 1. The maximum absolute atomic E-state index is 11.6. The van der Waals surface area contributed by atoms with Crippen molar-refractivity contribution in [3.63, 3.8) is 0 Å².